The van der Waals surface area contributed by atoms with Crippen molar-refractivity contribution in [3.05, 3.63) is 35.4 Å². The van der Waals surface area contributed by atoms with Gasteiger partial charge in [0.2, 0.25) is 5.91 Å². The van der Waals surface area contributed by atoms with Gasteiger partial charge < -0.3 is 5.32 Å². The van der Waals surface area contributed by atoms with Gasteiger partial charge >= 0.3 is 0 Å². The number of hydrogen-bond acceptors (Lipinski definition) is 1. The third-order valence-electron chi connectivity index (χ3n) is 6.25. The SMILES string of the molecule is CC(NC(=O)C12CC3CC(CC(Br)(C3)C1)C2)c1ccc(F)cc1F. The second-order valence-corrected chi connectivity index (χ2v) is 9.94. The van der Waals surface area contributed by atoms with Crippen LogP contribution in [0.1, 0.15) is 57.1 Å². The molecule has 4 saturated carbocycles. The zero-order valence-electron chi connectivity index (χ0n) is 13.7. The van der Waals surface area contributed by atoms with Crippen LogP contribution in [-0.2, 0) is 4.79 Å². The molecule has 4 aliphatic rings. The molecule has 0 saturated heterocycles. The maximum absolute atomic E-state index is 14.0. The van der Waals surface area contributed by atoms with Crippen LogP contribution in [0.3, 0.4) is 0 Å². The molecule has 4 bridgehead atoms. The molecule has 1 amide bonds. The number of carbonyl (C=O) groups excluding carboxylic acids is 1. The Morgan fingerprint density at radius 2 is 1.92 bits per heavy atom. The molecule has 1 N–H and O–H groups in total. The molecule has 5 rings (SSSR count). The van der Waals surface area contributed by atoms with Gasteiger partial charge in [-0.2, -0.15) is 0 Å². The van der Waals surface area contributed by atoms with Gasteiger partial charge in [0, 0.05) is 16.0 Å². The quantitative estimate of drug-likeness (QED) is 0.723. The van der Waals surface area contributed by atoms with Crippen LogP contribution in [0, 0.1) is 28.9 Å². The van der Waals surface area contributed by atoms with Gasteiger partial charge in [-0.05, 0) is 63.4 Å². The predicted octanol–water partition coefficient (Wildman–Crippen LogP) is 4.88. The zero-order chi connectivity index (χ0) is 17.1. The minimum atomic E-state index is -0.606. The Bertz CT molecular complexity index is 678. The van der Waals surface area contributed by atoms with Gasteiger partial charge in [-0.25, -0.2) is 8.78 Å². The van der Waals surface area contributed by atoms with Gasteiger partial charge in [-0.1, -0.05) is 22.0 Å². The highest BCUT2D eigenvalue weighted by Gasteiger charge is 2.59. The first-order valence-corrected chi connectivity index (χ1v) is 9.53. The van der Waals surface area contributed by atoms with Crippen LogP contribution in [0.15, 0.2) is 18.2 Å². The molecule has 24 heavy (non-hydrogen) atoms. The lowest BCUT2D eigenvalue weighted by atomic mass is 9.49. The third kappa shape index (κ3) is 2.69. The van der Waals surface area contributed by atoms with Crippen molar-refractivity contribution >= 4 is 21.8 Å². The minimum Gasteiger partial charge on any atom is -0.349 e. The number of benzene rings is 1. The Kier molecular flexibility index (Phi) is 3.79. The molecule has 1 aromatic carbocycles. The minimum absolute atomic E-state index is 0.0386. The van der Waals surface area contributed by atoms with Crippen LogP contribution in [0.5, 0.6) is 0 Å². The van der Waals surface area contributed by atoms with E-state index in [1.54, 1.807) is 6.92 Å². The largest absolute Gasteiger partial charge is 0.349 e. The molecule has 1 aromatic rings. The monoisotopic (exact) mass is 397 g/mol. The topological polar surface area (TPSA) is 29.1 Å². The summed E-state index contributed by atoms with van der Waals surface area (Å²) in [4.78, 5) is 13.1. The van der Waals surface area contributed by atoms with Crippen molar-refractivity contribution < 1.29 is 13.6 Å². The van der Waals surface area contributed by atoms with Gasteiger partial charge in [-0.3, -0.25) is 4.79 Å². The van der Waals surface area contributed by atoms with Crippen LogP contribution in [-0.4, -0.2) is 10.2 Å². The standard InChI is InChI=1S/C19H22BrF2NO/c1-11(15-3-2-14(21)5-16(15)22)23-17(24)18-6-12-4-13(7-18)9-19(20,8-12)10-18/h2-3,5,11-13H,4,6-10H2,1H3,(H,23,24). The molecule has 0 spiro atoms. The van der Waals surface area contributed by atoms with E-state index < -0.39 is 17.7 Å². The summed E-state index contributed by atoms with van der Waals surface area (Å²) in [6.45, 7) is 1.76. The van der Waals surface area contributed by atoms with Crippen molar-refractivity contribution in [3.63, 3.8) is 0 Å². The van der Waals surface area contributed by atoms with E-state index in [9.17, 15) is 13.6 Å². The Balaban J connectivity index is 1.54. The first-order valence-electron chi connectivity index (χ1n) is 8.73. The fourth-order valence-electron chi connectivity index (χ4n) is 5.70. The summed E-state index contributed by atoms with van der Waals surface area (Å²) in [6, 6.07) is 3.06. The normalized spacial score (nSPS) is 38.2. The molecule has 130 valence electrons. The van der Waals surface area contributed by atoms with E-state index in [1.165, 1.54) is 31.4 Å². The highest BCUT2D eigenvalue weighted by molar-refractivity contribution is 9.10. The Morgan fingerprint density at radius 1 is 1.25 bits per heavy atom. The average Bonchev–Trinajstić information content (AvgIpc) is 2.44. The average molecular weight is 398 g/mol. The van der Waals surface area contributed by atoms with Crippen LogP contribution in [0.4, 0.5) is 8.78 Å². The number of rotatable bonds is 3. The number of nitrogens with one attached hydrogen (secondary N) is 1. The van der Waals surface area contributed by atoms with Gasteiger partial charge in [0.15, 0.2) is 0 Å². The van der Waals surface area contributed by atoms with E-state index >= 15 is 0 Å². The molecular weight excluding hydrogens is 376 g/mol. The molecule has 0 aliphatic heterocycles. The summed E-state index contributed by atoms with van der Waals surface area (Å²) in [7, 11) is 0. The Morgan fingerprint density at radius 3 is 2.50 bits per heavy atom. The second-order valence-electron chi connectivity index (χ2n) is 8.25. The lowest BCUT2D eigenvalue weighted by Gasteiger charge is -2.59. The molecule has 4 fully saturated rings. The van der Waals surface area contributed by atoms with Crippen LogP contribution in [0.25, 0.3) is 0 Å². The molecule has 2 nitrogen and oxygen atoms in total. The fourth-order valence-corrected chi connectivity index (χ4v) is 7.15. The highest BCUT2D eigenvalue weighted by atomic mass is 79.9. The van der Waals surface area contributed by atoms with E-state index in [4.69, 9.17) is 0 Å². The third-order valence-corrected chi connectivity index (χ3v) is 7.18. The van der Waals surface area contributed by atoms with E-state index in [1.807, 2.05) is 0 Å². The number of alkyl halides is 1. The van der Waals surface area contributed by atoms with Crippen molar-refractivity contribution in [1.29, 1.82) is 0 Å². The molecule has 0 radical (unpaired) electrons. The van der Waals surface area contributed by atoms with Crippen molar-refractivity contribution in [1.82, 2.24) is 5.32 Å². The van der Waals surface area contributed by atoms with E-state index in [2.05, 4.69) is 21.2 Å². The molecule has 4 aliphatic carbocycles. The van der Waals surface area contributed by atoms with E-state index in [-0.39, 0.29) is 15.6 Å². The molecule has 0 aromatic heterocycles. The lowest BCUT2D eigenvalue weighted by Crippen LogP contribution is -2.58. The van der Waals surface area contributed by atoms with E-state index in [0.29, 0.717) is 17.4 Å². The van der Waals surface area contributed by atoms with E-state index in [0.717, 1.165) is 25.3 Å². The van der Waals surface area contributed by atoms with Gasteiger partial charge in [-0.15, -0.1) is 0 Å². The summed E-state index contributed by atoms with van der Waals surface area (Å²) in [5.41, 5.74) is 0.0151. The second kappa shape index (κ2) is 5.52. The molecule has 5 heteroatoms. The van der Waals surface area contributed by atoms with Crippen molar-refractivity contribution in [2.24, 2.45) is 17.3 Å². The van der Waals surface area contributed by atoms with Crippen LogP contribution < -0.4 is 5.32 Å². The number of hydrogen-bond donors (Lipinski definition) is 1. The molecule has 3 unspecified atom stereocenters. The molecular formula is C19H22BrF2NO. The Hall–Kier alpha value is -0.970. The van der Waals surface area contributed by atoms with Crippen LogP contribution >= 0.6 is 15.9 Å². The Labute approximate surface area is 149 Å². The van der Waals surface area contributed by atoms with Crippen molar-refractivity contribution in [3.8, 4) is 0 Å². The summed E-state index contributed by atoms with van der Waals surface area (Å²) < 4.78 is 27.2. The molecule has 0 heterocycles. The highest BCUT2D eigenvalue weighted by Crippen LogP contribution is 2.64. The number of halogens is 3. The maximum atomic E-state index is 14.0. The zero-order valence-corrected chi connectivity index (χ0v) is 15.3. The summed E-state index contributed by atoms with van der Waals surface area (Å²) in [6.07, 6.45) is 6.34. The van der Waals surface area contributed by atoms with Crippen LogP contribution in [0.2, 0.25) is 0 Å². The fraction of sp³-hybridized carbons (Fsp3) is 0.632. The first kappa shape index (κ1) is 16.5. The van der Waals surface area contributed by atoms with Gasteiger partial charge in [0.1, 0.15) is 11.6 Å². The van der Waals surface area contributed by atoms with Gasteiger partial charge in [0.05, 0.1) is 11.5 Å². The number of carbonyl (C=O) groups is 1. The molecule has 3 atom stereocenters. The summed E-state index contributed by atoms with van der Waals surface area (Å²) in [5.74, 6) is 0.0718. The first-order chi connectivity index (χ1) is 11.3. The van der Waals surface area contributed by atoms with Crippen molar-refractivity contribution in [2.75, 3.05) is 0 Å². The number of amides is 1. The maximum Gasteiger partial charge on any atom is 0.226 e. The lowest BCUT2D eigenvalue weighted by molar-refractivity contribution is -0.144. The predicted molar refractivity (Wildman–Crippen MR) is 91.7 cm³/mol. The summed E-state index contributed by atoms with van der Waals surface area (Å²) >= 11 is 3.91. The van der Waals surface area contributed by atoms with Gasteiger partial charge in [0.25, 0.3) is 0 Å². The summed E-state index contributed by atoms with van der Waals surface area (Å²) in [5, 5.41) is 3.01. The smallest absolute Gasteiger partial charge is 0.226 e. The van der Waals surface area contributed by atoms with Crippen molar-refractivity contribution in [2.45, 2.75) is 55.8 Å².